The quantitative estimate of drug-likeness (QED) is 0.624. The highest BCUT2D eigenvalue weighted by Gasteiger charge is 2.30. The lowest BCUT2D eigenvalue weighted by Crippen LogP contribution is -2.20. The van der Waals surface area contributed by atoms with E-state index in [9.17, 15) is 18.0 Å². The van der Waals surface area contributed by atoms with Crippen LogP contribution in [0.2, 0.25) is 0 Å². The SMILES string of the molecule is CN=C(C)C(C#N)C(=O)c1ccc(C(F)(F)F)cc1. The summed E-state index contributed by atoms with van der Waals surface area (Å²) in [6, 6.07) is 5.57. The molecular weight excluding hydrogens is 257 g/mol. The molecule has 0 saturated carbocycles. The van der Waals surface area contributed by atoms with Gasteiger partial charge in [0, 0.05) is 18.3 Å². The smallest absolute Gasteiger partial charge is 0.296 e. The number of carbonyl (C=O) groups excluding carboxylic acids is 1. The zero-order valence-corrected chi connectivity index (χ0v) is 10.3. The molecule has 1 aromatic carbocycles. The average molecular weight is 268 g/mol. The summed E-state index contributed by atoms with van der Waals surface area (Å²) in [5, 5.41) is 8.91. The van der Waals surface area contributed by atoms with Gasteiger partial charge in [-0.05, 0) is 19.1 Å². The van der Waals surface area contributed by atoms with Gasteiger partial charge in [0.2, 0.25) is 0 Å². The van der Waals surface area contributed by atoms with Crippen LogP contribution in [0.15, 0.2) is 29.3 Å². The van der Waals surface area contributed by atoms with Crippen molar-refractivity contribution in [3.63, 3.8) is 0 Å². The molecule has 1 atom stereocenters. The van der Waals surface area contributed by atoms with E-state index >= 15 is 0 Å². The molecule has 0 aromatic heterocycles. The van der Waals surface area contributed by atoms with Crippen molar-refractivity contribution in [3.05, 3.63) is 35.4 Å². The Morgan fingerprint density at radius 2 is 1.84 bits per heavy atom. The summed E-state index contributed by atoms with van der Waals surface area (Å²) in [4.78, 5) is 15.7. The maximum atomic E-state index is 12.4. The number of halogens is 3. The van der Waals surface area contributed by atoms with Gasteiger partial charge in [0.05, 0.1) is 11.6 Å². The maximum absolute atomic E-state index is 12.4. The van der Waals surface area contributed by atoms with Crippen molar-refractivity contribution >= 4 is 11.5 Å². The van der Waals surface area contributed by atoms with Crippen LogP contribution in [-0.4, -0.2) is 18.5 Å². The van der Waals surface area contributed by atoms with E-state index in [0.29, 0.717) is 5.71 Å². The Kier molecular flexibility index (Phi) is 4.43. The number of alkyl halides is 3. The summed E-state index contributed by atoms with van der Waals surface area (Å²) in [5.74, 6) is -1.62. The fourth-order valence-corrected chi connectivity index (χ4v) is 1.46. The lowest BCUT2D eigenvalue weighted by Gasteiger charge is -2.09. The van der Waals surface area contributed by atoms with E-state index in [1.807, 2.05) is 0 Å². The number of nitriles is 1. The summed E-state index contributed by atoms with van der Waals surface area (Å²) < 4.78 is 37.1. The van der Waals surface area contributed by atoms with Gasteiger partial charge in [-0.1, -0.05) is 12.1 Å². The zero-order chi connectivity index (χ0) is 14.6. The summed E-state index contributed by atoms with van der Waals surface area (Å²) in [7, 11) is 1.44. The summed E-state index contributed by atoms with van der Waals surface area (Å²) in [5.41, 5.74) is -0.451. The van der Waals surface area contributed by atoms with Gasteiger partial charge in [0.15, 0.2) is 5.78 Å². The number of nitrogens with zero attached hydrogens (tertiary/aromatic N) is 2. The van der Waals surface area contributed by atoms with Crippen molar-refractivity contribution in [3.8, 4) is 6.07 Å². The van der Waals surface area contributed by atoms with Crippen molar-refractivity contribution < 1.29 is 18.0 Å². The molecular formula is C13H11F3N2O. The first kappa shape index (κ1) is 14.9. The van der Waals surface area contributed by atoms with Crippen LogP contribution in [0.1, 0.15) is 22.8 Å². The minimum absolute atomic E-state index is 0.0579. The number of hydrogen-bond donors (Lipinski definition) is 0. The Morgan fingerprint density at radius 3 is 2.21 bits per heavy atom. The largest absolute Gasteiger partial charge is 0.416 e. The molecule has 100 valence electrons. The van der Waals surface area contributed by atoms with Gasteiger partial charge >= 0.3 is 6.18 Å². The van der Waals surface area contributed by atoms with Crippen LogP contribution < -0.4 is 0 Å². The van der Waals surface area contributed by atoms with E-state index in [2.05, 4.69) is 4.99 Å². The number of carbonyl (C=O) groups is 1. The standard InChI is InChI=1S/C13H11F3N2O/c1-8(18-2)11(7-17)12(19)9-3-5-10(6-4-9)13(14,15)16/h3-6,11H,1-2H3. The van der Waals surface area contributed by atoms with Crippen molar-refractivity contribution in [1.82, 2.24) is 0 Å². The molecule has 1 aromatic rings. The normalized spacial score (nSPS) is 13.8. The van der Waals surface area contributed by atoms with E-state index in [4.69, 9.17) is 5.26 Å². The highest BCUT2D eigenvalue weighted by atomic mass is 19.4. The number of hydrogen-bond acceptors (Lipinski definition) is 3. The van der Waals surface area contributed by atoms with Crippen LogP contribution in [0.25, 0.3) is 0 Å². The van der Waals surface area contributed by atoms with Gasteiger partial charge in [-0.15, -0.1) is 0 Å². The summed E-state index contributed by atoms with van der Waals surface area (Å²) in [6.07, 6.45) is -4.45. The fraction of sp³-hybridized carbons (Fsp3) is 0.308. The third-order valence-electron chi connectivity index (χ3n) is 2.66. The first-order chi connectivity index (χ1) is 8.81. The molecule has 0 aliphatic carbocycles. The molecule has 0 heterocycles. The minimum atomic E-state index is -4.45. The lowest BCUT2D eigenvalue weighted by molar-refractivity contribution is -0.137. The Morgan fingerprint density at radius 1 is 1.32 bits per heavy atom. The van der Waals surface area contributed by atoms with Crippen LogP contribution in [0.4, 0.5) is 13.2 Å². The molecule has 19 heavy (non-hydrogen) atoms. The van der Waals surface area contributed by atoms with Crippen molar-refractivity contribution in [2.45, 2.75) is 13.1 Å². The number of rotatable bonds is 3. The second-order valence-corrected chi connectivity index (χ2v) is 3.87. The fourth-order valence-electron chi connectivity index (χ4n) is 1.46. The Labute approximate surface area is 108 Å². The molecule has 0 radical (unpaired) electrons. The molecule has 1 unspecified atom stereocenters. The van der Waals surface area contributed by atoms with Crippen molar-refractivity contribution in [1.29, 1.82) is 5.26 Å². The molecule has 0 aliphatic heterocycles. The predicted molar refractivity (Wildman–Crippen MR) is 63.9 cm³/mol. The molecule has 0 spiro atoms. The second kappa shape index (κ2) is 5.65. The third kappa shape index (κ3) is 3.41. The summed E-state index contributed by atoms with van der Waals surface area (Å²) in [6.45, 7) is 1.52. The molecule has 6 heteroatoms. The number of Topliss-reactive ketones (excluding diaryl/α,β-unsaturated/α-hetero) is 1. The molecule has 0 aliphatic rings. The molecule has 0 saturated heterocycles. The highest BCUT2D eigenvalue weighted by Crippen LogP contribution is 2.29. The van der Waals surface area contributed by atoms with Gasteiger partial charge in [-0.25, -0.2) is 0 Å². The van der Waals surface area contributed by atoms with E-state index in [-0.39, 0.29) is 5.56 Å². The number of aliphatic imine (C=N–C) groups is 1. The minimum Gasteiger partial charge on any atom is -0.296 e. The molecule has 0 bridgehead atoms. The highest BCUT2D eigenvalue weighted by molar-refractivity contribution is 6.13. The number of benzene rings is 1. The third-order valence-corrected chi connectivity index (χ3v) is 2.66. The molecule has 1 rings (SSSR count). The topological polar surface area (TPSA) is 53.2 Å². The number of ketones is 1. The van der Waals surface area contributed by atoms with Crippen molar-refractivity contribution in [2.75, 3.05) is 7.05 Å². The Bertz CT molecular complexity index is 538. The first-order valence-electron chi connectivity index (χ1n) is 5.35. The second-order valence-electron chi connectivity index (χ2n) is 3.87. The van der Waals surface area contributed by atoms with E-state index in [1.54, 1.807) is 6.07 Å². The van der Waals surface area contributed by atoms with Crippen LogP contribution in [0, 0.1) is 17.2 Å². The van der Waals surface area contributed by atoms with Crippen LogP contribution >= 0.6 is 0 Å². The average Bonchev–Trinajstić information content (AvgIpc) is 2.38. The van der Waals surface area contributed by atoms with Gasteiger partial charge < -0.3 is 0 Å². The monoisotopic (exact) mass is 268 g/mol. The van der Waals surface area contributed by atoms with E-state index in [0.717, 1.165) is 24.3 Å². The van der Waals surface area contributed by atoms with Crippen LogP contribution in [0.3, 0.4) is 0 Å². The van der Waals surface area contributed by atoms with Gasteiger partial charge in [-0.3, -0.25) is 9.79 Å². The molecule has 3 nitrogen and oxygen atoms in total. The zero-order valence-electron chi connectivity index (χ0n) is 10.3. The van der Waals surface area contributed by atoms with E-state index in [1.165, 1.54) is 14.0 Å². The maximum Gasteiger partial charge on any atom is 0.416 e. The van der Waals surface area contributed by atoms with E-state index < -0.39 is 23.4 Å². The summed E-state index contributed by atoms with van der Waals surface area (Å²) >= 11 is 0. The first-order valence-corrected chi connectivity index (χ1v) is 5.35. The van der Waals surface area contributed by atoms with Crippen LogP contribution in [-0.2, 0) is 6.18 Å². The predicted octanol–water partition coefficient (Wildman–Crippen LogP) is 3.12. The molecule has 0 N–H and O–H groups in total. The Balaban J connectivity index is 3.05. The molecule has 0 fully saturated rings. The lowest BCUT2D eigenvalue weighted by atomic mass is 9.94. The van der Waals surface area contributed by atoms with Crippen molar-refractivity contribution in [2.24, 2.45) is 10.9 Å². The molecule has 0 amide bonds. The van der Waals surface area contributed by atoms with Gasteiger partial charge in [0.1, 0.15) is 5.92 Å². The van der Waals surface area contributed by atoms with Crippen LogP contribution in [0.5, 0.6) is 0 Å². The van der Waals surface area contributed by atoms with Gasteiger partial charge in [0.25, 0.3) is 0 Å². The van der Waals surface area contributed by atoms with Gasteiger partial charge in [-0.2, -0.15) is 18.4 Å². The Hall–Kier alpha value is -2.16.